The van der Waals surface area contributed by atoms with Crippen LogP contribution in [-0.2, 0) is 14.3 Å². The van der Waals surface area contributed by atoms with Gasteiger partial charge in [0.15, 0.2) is 5.96 Å². The number of carbonyl (C=O) groups excluding carboxylic acids is 1. The van der Waals surface area contributed by atoms with Crippen LogP contribution in [-0.4, -0.2) is 77.4 Å². The summed E-state index contributed by atoms with van der Waals surface area (Å²) in [7, 11) is 5.26. The third-order valence-corrected chi connectivity index (χ3v) is 4.96. The lowest BCUT2D eigenvalue weighted by Crippen LogP contribution is -2.44. The molecule has 2 N–H and O–H groups in total. The van der Waals surface area contributed by atoms with Crippen LogP contribution in [0.15, 0.2) is 4.99 Å². The molecule has 0 saturated heterocycles. The van der Waals surface area contributed by atoms with Crippen molar-refractivity contribution >= 4 is 11.9 Å². The average molecular weight is 371 g/mol. The summed E-state index contributed by atoms with van der Waals surface area (Å²) in [5.41, 5.74) is 0.273. The number of hydrogen-bond acceptors (Lipinski definition) is 4. The van der Waals surface area contributed by atoms with Crippen LogP contribution in [0.5, 0.6) is 0 Å². The highest BCUT2D eigenvalue weighted by Gasteiger charge is 2.33. The van der Waals surface area contributed by atoms with Gasteiger partial charge in [-0.05, 0) is 38.0 Å². The van der Waals surface area contributed by atoms with Crippen LogP contribution in [0.2, 0.25) is 0 Å². The third-order valence-electron chi connectivity index (χ3n) is 4.96. The highest BCUT2D eigenvalue weighted by Crippen LogP contribution is 2.40. The van der Waals surface area contributed by atoms with Crippen LogP contribution in [0.25, 0.3) is 0 Å². The number of hydrogen-bond donors (Lipinski definition) is 2. The van der Waals surface area contributed by atoms with Gasteiger partial charge in [0.1, 0.15) is 6.54 Å². The largest absolute Gasteiger partial charge is 0.385 e. The maximum Gasteiger partial charge on any atom is 0.243 e. The fourth-order valence-electron chi connectivity index (χ4n) is 3.22. The molecule has 1 amide bonds. The summed E-state index contributed by atoms with van der Waals surface area (Å²) in [4.78, 5) is 17.9. The summed E-state index contributed by atoms with van der Waals surface area (Å²) in [5, 5.41) is 6.80. The Morgan fingerprint density at radius 3 is 2.54 bits per heavy atom. The van der Waals surface area contributed by atoms with Gasteiger partial charge < -0.3 is 25.0 Å². The van der Waals surface area contributed by atoms with Crippen molar-refractivity contribution in [3.05, 3.63) is 0 Å². The van der Waals surface area contributed by atoms with Crippen molar-refractivity contribution in [1.29, 1.82) is 0 Å². The summed E-state index contributed by atoms with van der Waals surface area (Å²) in [6, 6.07) is 0. The predicted molar refractivity (Wildman–Crippen MR) is 106 cm³/mol. The van der Waals surface area contributed by atoms with Crippen molar-refractivity contribution in [1.82, 2.24) is 15.5 Å². The molecule has 26 heavy (non-hydrogen) atoms. The van der Waals surface area contributed by atoms with Gasteiger partial charge in [0.25, 0.3) is 0 Å². The smallest absolute Gasteiger partial charge is 0.243 e. The van der Waals surface area contributed by atoms with Gasteiger partial charge in [-0.25, -0.2) is 4.99 Å². The van der Waals surface area contributed by atoms with Crippen LogP contribution in [0, 0.1) is 5.41 Å². The van der Waals surface area contributed by atoms with Gasteiger partial charge in [0, 0.05) is 54.1 Å². The second kappa shape index (κ2) is 12.9. The van der Waals surface area contributed by atoms with Crippen LogP contribution >= 0.6 is 0 Å². The molecule has 0 radical (unpaired) electrons. The van der Waals surface area contributed by atoms with Crippen LogP contribution in [0.1, 0.15) is 45.4 Å². The normalized spacial score (nSPS) is 16.5. The zero-order valence-corrected chi connectivity index (χ0v) is 17.1. The quantitative estimate of drug-likeness (QED) is 0.310. The summed E-state index contributed by atoms with van der Waals surface area (Å²) in [5.74, 6) is 0.704. The molecule has 1 rings (SSSR count). The van der Waals surface area contributed by atoms with Gasteiger partial charge >= 0.3 is 0 Å². The number of amides is 1. The van der Waals surface area contributed by atoms with Crippen molar-refractivity contribution in [2.75, 3.05) is 60.7 Å². The number of nitrogens with zero attached hydrogens (tertiary/aromatic N) is 2. The summed E-state index contributed by atoms with van der Waals surface area (Å²) in [6.07, 6.45) is 6.96. The molecule has 0 aromatic heterocycles. The van der Waals surface area contributed by atoms with E-state index in [1.54, 1.807) is 26.1 Å². The molecule has 0 atom stereocenters. The minimum Gasteiger partial charge on any atom is -0.385 e. The highest BCUT2D eigenvalue weighted by atomic mass is 16.5. The topological polar surface area (TPSA) is 75.2 Å². The summed E-state index contributed by atoms with van der Waals surface area (Å²) in [6.45, 7) is 6.03. The van der Waals surface area contributed by atoms with E-state index in [2.05, 4.69) is 15.6 Å². The standard InChI is InChI=1S/C19H38N4O3/c1-5-26-13-8-12-20-18(21-15-17(24)23(2)3)22-16-19(11-14-25-4)9-6-7-10-19/h5-16H2,1-4H3,(H2,20,21,22). The van der Waals surface area contributed by atoms with Gasteiger partial charge in [-0.3, -0.25) is 4.79 Å². The Bertz CT molecular complexity index is 421. The van der Waals surface area contributed by atoms with E-state index in [1.807, 2.05) is 6.92 Å². The van der Waals surface area contributed by atoms with Crippen molar-refractivity contribution in [3.63, 3.8) is 0 Å². The van der Waals surface area contributed by atoms with Crippen molar-refractivity contribution in [2.24, 2.45) is 10.4 Å². The Balaban J connectivity index is 2.58. The average Bonchev–Trinajstić information content (AvgIpc) is 3.10. The number of guanidine groups is 1. The molecule has 1 saturated carbocycles. The van der Waals surface area contributed by atoms with E-state index >= 15 is 0 Å². The number of carbonyl (C=O) groups is 1. The molecule has 0 bridgehead atoms. The second-order valence-electron chi connectivity index (χ2n) is 7.23. The molecule has 0 aliphatic heterocycles. The van der Waals surface area contributed by atoms with Gasteiger partial charge in [-0.2, -0.15) is 0 Å². The highest BCUT2D eigenvalue weighted by molar-refractivity contribution is 5.84. The number of likely N-dealkylation sites (N-methyl/N-ethyl adjacent to an activating group) is 1. The molecule has 0 aromatic rings. The van der Waals surface area contributed by atoms with Crippen LogP contribution < -0.4 is 10.6 Å². The number of aliphatic imine (C=N–C) groups is 1. The van der Waals surface area contributed by atoms with Crippen LogP contribution in [0.3, 0.4) is 0 Å². The molecule has 1 aliphatic rings. The van der Waals surface area contributed by atoms with Crippen molar-refractivity contribution in [2.45, 2.75) is 45.4 Å². The molecule has 1 aliphatic carbocycles. The zero-order valence-electron chi connectivity index (χ0n) is 17.1. The van der Waals surface area contributed by atoms with E-state index in [0.29, 0.717) is 5.96 Å². The maximum atomic E-state index is 11.9. The fraction of sp³-hybridized carbons (Fsp3) is 0.895. The minimum atomic E-state index is -0.00428. The molecule has 0 aromatic carbocycles. The molecular formula is C19H38N4O3. The molecular weight excluding hydrogens is 332 g/mol. The van der Waals surface area contributed by atoms with E-state index in [0.717, 1.165) is 45.8 Å². The third kappa shape index (κ3) is 8.85. The lowest BCUT2D eigenvalue weighted by atomic mass is 9.83. The monoisotopic (exact) mass is 370 g/mol. The number of nitrogens with one attached hydrogen (secondary N) is 2. The Morgan fingerprint density at radius 1 is 1.19 bits per heavy atom. The molecule has 7 nitrogen and oxygen atoms in total. The van der Waals surface area contributed by atoms with E-state index in [4.69, 9.17) is 9.47 Å². The molecule has 0 spiro atoms. The first-order chi connectivity index (χ1) is 12.5. The Morgan fingerprint density at radius 2 is 1.92 bits per heavy atom. The first kappa shape index (κ1) is 22.7. The van der Waals surface area contributed by atoms with Crippen molar-refractivity contribution in [3.8, 4) is 0 Å². The lowest BCUT2D eigenvalue weighted by molar-refractivity contribution is -0.127. The maximum absolute atomic E-state index is 11.9. The number of ether oxygens (including phenoxy) is 2. The van der Waals surface area contributed by atoms with Crippen LogP contribution in [0.4, 0.5) is 0 Å². The van der Waals surface area contributed by atoms with E-state index < -0.39 is 0 Å². The van der Waals surface area contributed by atoms with Crippen molar-refractivity contribution < 1.29 is 14.3 Å². The first-order valence-electron chi connectivity index (χ1n) is 9.82. The Hall–Kier alpha value is -1.34. The number of methoxy groups -OCH3 is 1. The predicted octanol–water partition coefficient (Wildman–Crippen LogP) is 1.63. The Labute approximate surface area is 158 Å². The zero-order chi connectivity index (χ0) is 19.3. The summed E-state index contributed by atoms with van der Waals surface area (Å²) < 4.78 is 10.7. The number of rotatable bonds is 12. The fourth-order valence-corrected chi connectivity index (χ4v) is 3.22. The second-order valence-corrected chi connectivity index (χ2v) is 7.23. The van der Waals surface area contributed by atoms with E-state index in [-0.39, 0.29) is 17.9 Å². The SMILES string of the molecule is CCOCCCNC(=NCC(=O)N(C)C)NCC1(CCOC)CCCC1. The van der Waals surface area contributed by atoms with E-state index in [9.17, 15) is 4.79 Å². The lowest BCUT2D eigenvalue weighted by Gasteiger charge is -2.30. The summed E-state index contributed by atoms with van der Waals surface area (Å²) >= 11 is 0. The molecule has 0 heterocycles. The molecule has 0 unspecified atom stereocenters. The van der Waals surface area contributed by atoms with E-state index in [1.165, 1.54) is 25.7 Å². The minimum absolute atomic E-state index is 0.00428. The molecule has 1 fully saturated rings. The molecule has 7 heteroatoms. The first-order valence-corrected chi connectivity index (χ1v) is 9.82. The van der Waals surface area contributed by atoms with Gasteiger partial charge in [-0.15, -0.1) is 0 Å². The Kier molecular flexibility index (Phi) is 11.3. The van der Waals surface area contributed by atoms with Gasteiger partial charge in [0.05, 0.1) is 0 Å². The van der Waals surface area contributed by atoms with Gasteiger partial charge in [-0.1, -0.05) is 12.8 Å². The molecule has 152 valence electrons. The van der Waals surface area contributed by atoms with Gasteiger partial charge in [0.2, 0.25) is 5.91 Å².